The molecular formula is C16H25N3O2. The second kappa shape index (κ2) is 5.22. The van der Waals surface area contributed by atoms with Crippen LogP contribution < -0.4 is 11.1 Å². The van der Waals surface area contributed by atoms with E-state index in [0.29, 0.717) is 18.8 Å². The van der Waals surface area contributed by atoms with Crippen molar-refractivity contribution >= 4 is 11.8 Å². The van der Waals surface area contributed by atoms with E-state index in [4.69, 9.17) is 5.73 Å². The lowest BCUT2D eigenvalue weighted by Gasteiger charge is -2.54. The highest BCUT2D eigenvalue weighted by atomic mass is 16.4. The van der Waals surface area contributed by atoms with Crippen LogP contribution in [0, 0.1) is 5.41 Å². The van der Waals surface area contributed by atoms with E-state index >= 15 is 0 Å². The van der Waals surface area contributed by atoms with Crippen LogP contribution in [0.2, 0.25) is 0 Å². The monoisotopic (exact) mass is 291 g/mol. The third kappa shape index (κ3) is 2.70. The lowest BCUT2D eigenvalue weighted by molar-refractivity contribution is -0.00134. The Morgan fingerprint density at radius 1 is 1.38 bits per heavy atom. The highest BCUT2D eigenvalue weighted by molar-refractivity contribution is 5.67. The number of carbonyl (C=O) groups is 1. The molecule has 21 heavy (non-hydrogen) atoms. The van der Waals surface area contributed by atoms with Crippen molar-refractivity contribution in [3.05, 3.63) is 29.8 Å². The first-order chi connectivity index (χ1) is 9.67. The highest BCUT2D eigenvalue weighted by Gasteiger charge is 2.50. The molecule has 1 aliphatic rings. The number of amides is 1. The van der Waals surface area contributed by atoms with Gasteiger partial charge in [-0.05, 0) is 30.0 Å². The Morgan fingerprint density at radius 3 is 2.43 bits per heavy atom. The Balaban J connectivity index is 2.57. The fourth-order valence-corrected chi connectivity index (χ4v) is 3.49. The number of carboxylic acid groups (broad SMARTS) is 1. The van der Waals surface area contributed by atoms with Gasteiger partial charge in [0.2, 0.25) is 0 Å². The molecule has 1 heterocycles. The Labute approximate surface area is 126 Å². The van der Waals surface area contributed by atoms with E-state index in [0.717, 1.165) is 5.56 Å². The maximum absolute atomic E-state index is 11.8. The molecule has 0 aliphatic carbocycles. The molecule has 0 spiro atoms. The average molecular weight is 291 g/mol. The predicted octanol–water partition coefficient (Wildman–Crippen LogP) is 2.48. The van der Waals surface area contributed by atoms with E-state index in [1.54, 1.807) is 4.90 Å². The quantitative estimate of drug-likeness (QED) is 0.695. The van der Waals surface area contributed by atoms with E-state index < -0.39 is 11.6 Å². The van der Waals surface area contributed by atoms with Crippen LogP contribution >= 0.6 is 0 Å². The number of benzene rings is 1. The Kier molecular flexibility index (Phi) is 3.89. The number of nitrogen functional groups attached to an aromatic ring is 1. The first-order valence-electron chi connectivity index (χ1n) is 7.27. The molecule has 1 aromatic rings. The number of hydrogen-bond acceptors (Lipinski definition) is 3. The SMILES string of the molecule is CC(C)(C)C1NCCN(C(=O)O)[C@]1(C)c1ccc(N)cc1. The lowest BCUT2D eigenvalue weighted by Crippen LogP contribution is -2.68. The lowest BCUT2D eigenvalue weighted by atomic mass is 9.70. The number of anilines is 1. The van der Waals surface area contributed by atoms with Gasteiger partial charge < -0.3 is 16.2 Å². The van der Waals surface area contributed by atoms with Crippen LogP contribution in [0.15, 0.2) is 24.3 Å². The zero-order chi connectivity index (χ0) is 15.8. The van der Waals surface area contributed by atoms with Crippen LogP contribution in [0.4, 0.5) is 10.5 Å². The molecule has 2 atom stereocenters. The van der Waals surface area contributed by atoms with E-state index in [1.165, 1.54) is 0 Å². The van der Waals surface area contributed by atoms with E-state index in [1.807, 2.05) is 31.2 Å². The highest BCUT2D eigenvalue weighted by Crippen LogP contribution is 2.41. The zero-order valence-electron chi connectivity index (χ0n) is 13.2. The molecule has 0 aromatic heterocycles. The molecule has 116 valence electrons. The molecule has 1 unspecified atom stereocenters. The van der Waals surface area contributed by atoms with Crippen molar-refractivity contribution in [2.75, 3.05) is 18.8 Å². The molecule has 1 aromatic carbocycles. The number of nitrogens with zero attached hydrogens (tertiary/aromatic N) is 1. The maximum Gasteiger partial charge on any atom is 0.408 e. The third-order valence-corrected chi connectivity index (χ3v) is 4.40. The van der Waals surface area contributed by atoms with E-state index in [9.17, 15) is 9.90 Å². The number of hydrogen-bond donors (Lipinski definition) is 3. The van der Waals surface area contributed by atoms with Crippen LogP contribution in [-0.2, 0) is 5.54 Å². The van der Waals surface area contributed by atoms with Crippen molar-refractivity contribution in [3.8, 4) is 0 Å². The first-order valence-corrected chi connectivity index (χ1v) is 7.27. The minimum Gasteiger partial charge on any atom is -0.465 e. The summed E-state index contributed by atoms with van der Waals surface area (Å²) in [5, 5.41) is 13.2. The molecule has 1 amide bonds. The average Bonchev–Trinajstić information content (AvgIpc) is 2.37. The fourth-order valence-electron chi connectivity index (χ4n) is 3.49. The van der Waals surface area contributed by atoms with Crippen LogP contribution in [-0.4, -0.2) is 35.2 Å². The summed E-state index contributed by atoms with van der Waals surface area (Å²) >= 11 is 0. The standard InChI is InChI=1S/C16H25N3O2/c1-15(2,3)13-16(4,11-5-7-12(17)8-6-11)19(14(20)21)10-9-18-13/h5-8,13,18H,9-10,17H2,1-4H3,(H,20,21)/t13?,16-/m1/s1. The number of nitrogens with two attached hydrogens (primary N) is 1. The van der Waals surface area contributed by atoms with E-state index in [2.05, 4.69) is 26.1 Å². The zero-order valence-corrected chi connectivity index (χ0v) is 13.2. The second-order valence-electron chi connectivity index (χ2n) is 6.96. The fraction of sp³-hybridized carbons (Fsp3) is 0.562. The van der Waals surface area contributed by atoms with Crippen molar-refractivity contribution in [2.24, 2.45) is 5.41 Å². The van der Waals surface area contributed by atoms with Gasteiger partial charge in [0, 0.05) is 24.8 Å². The summed E-state index contributed by atoms with van der Waals surface area (Å²) in [7, 11) is 0. The first kappa shape index (κ1) is 15.6. The number of piperazine rings is 1. The summed E-state index contributed by atoms with van der Waals surface area (Å²) in [5.41, 5.74) is 6.71. The van der Waals surface area contributed by atoms with Crippen LogP contribution in [0.1, 0.15) is 33.3 Å². The second-order valence-corrected chi connectivity index (χ2v) is 6.96. The molecule has 5 nitrogen and oxygen atoms in total. The van der Waals surface area contributed by atoms with Crippen LogP contribution in [0.25, 0.3) is 0 Å². The predicted molar refractivity (Wildman–Crippen MR) is 84.2 cm³/mol. The summed E-state index contributed by atoms with van der Waals surface area (Å²) < 4.78 is 0. The Morgan fingerprint density at radius 2 is 1.95 bits per heavy atom. The molecule has 2 rings (SSSR count). The summed E-state index contributed by atoms with van der Waals surface area (Å²) in [6.07, 6.45) is -0.884. The summed E-state index contributed by atoms with van der Waals surface area (Å²) in [6.45, 7) is 9.53. The van der Waals surface area contributed by atoms with Gasteiger partial charge in [0.1, 0.15) is 0 Å². The van der Waals surface area contributed by atoms with Crippen LogP contribution in [0.3, 0.4) is 0 Å². The Bertz CT molecular complexity index is 521. The molecule has 0 radical (unpaired) electrons. The third-order valence-electron chi connectivity index (χ3n) is 4.40. The van der Waals surface area contributed by atoms with Crippen molar-refractivity contribution < 1.29 is 9.90 Å². The minimum absolute atomic E-state index is 0.0125. The molecule has 4 N–H and O–H groups in total. The van der Waals surface area contributed by atoms with Gasteiger partial charge in [-0.3, -0.25) is 4.90 Å². The Hall–Kier alpha value is -1.75. The molecular weight excluding hydrogens is 266 g/mol. The van der Waals surface area contributed by atoms with Gasteiger partial charge in [-0.2, -0.15) is 0 Å². The van der Waals surface area contributed by atoms with Crippen LogP contribution in [0.5, 0.6) is 0 Å². The largest absolute Gasteiger partial charge is 0.465 e. The van der Waals surface area contributed by atoms with Gasteiger partial charge in [0.15, 0.2) is 0 Å². The summed E-state index contributed by atoms with van der Waals surface area (Å²) in [6, 6.07) is 7.52. The van der Waals surface area contributed by atoms with Crippen molar-refractivity contribution in [3.63, 3.8) is 0 Å². The summed E-state index contributed by atoms with van der Waals surface area (Å²) in [4.78, 5) is 13.3. The smallest absolute Gasteiger partial charge is 0.408 e. The normalized spacial score (nSPS) is 26.7. The minimum atomic E-state index is -0.884. The van der Waals surface area contributed by atoms with Gasteiger partial charge >= 0.3 is 6.09 Å². The van der Waals surface area contributed by atoms with Gasteiger partial charge in [-0.15, -0.1) is 0 Å². The van der Waals surface area contributed by atoms with Crippen molar-refractivity contribution in [1.29, 1.82) is 0 Å². The number of nitrogens with one attached hydrogen (secondary N) is 1. The molecule has 0 bridgehead atoms. The van der Waals surface area contributed by atoms with Gasteiger partial charge in [0.05, 0.1) is 5.54 Å². The van der Waals surface area contributed by atoms with Gasteiger partial charge in [0.25, 0.3) is 0 Å². The number of rotatable bonds is 1. The molecule has 1 saturated heterocycles. The molecule has 1 aliphatic heterocycles. The molecule has 5 heteroatoms. The molecule has 1 fully saturated rings. The van der Waals surface area contributed by atoms with E-state index in [-0.39, 0.29) is 11.5 Å². The topological polar surface area (TPSA) is 78.6 Å². The van der Waals surface area contributed by atoms with Gasteiger partial charge in [-0.1, -0.05) is 32.9 Å². The van der Waals surface area contributed by atoms with Gasteiger partial charge in [-0.25, -0.2) is 4.79 Å². The summed E-state index contributed by atoms with van der Waals surface area (Å²) in [5.74, 6) is 0. The maximum atomic E-state index is 11.8. The molecule has 0 saturated carbocycles. The van der Waals surface area contributed by atoms with Crippen molar-refractivity contribution in [1.82, 2.24) is 10.2 Å². The van der Waals surface area contributed by atoms with Crippen molar-refractivity contribution in [2.45, 2.75) is 39.3 Å².